The summed E-state index contributed by atoms with van der Waals surface area (Å²) in [6.45, 7) is 0.497. The van der Waals surface area contributed by atoms with Gasteiger partial charge in [-0.05, 0) is 27.4 Å². The Bertz CT molecular complexity index is 424. The van der Waals surface area contributed by atoms with Gasteiger partial charge in [-0.1, -0.05) is 0 Å². The van der Waals surface area contributed by atoms with E-state index in [1.54, 1.807) is 0 Å². The van der Waals surface area contributed by atoms with E-state index in [1.807, 2.05) is 11.4 Å². The molecule has 0 spiro atoms. The van der Waals surface area contributed by atoms with Gasteiger partial charge in [-0.25, -0.2) is 9.59 Å². The summed E-state index contributed by atoms with van der Waals surface area (Å²) >= 11 is 4.86. The van der Waals surface area contributed by atoms with Gasteiger partial charge in [0.05, 0.1) is 6.54 Å². The Morgan fingerprint density at radius 3 is 2.72 bits per heavy atom. The van der Waals surface area contributed by atoms with Crippen molar-refractivity contribution in [1.82, 2.24) is 10.6 Å². The Labute approximate surface area is 116 Å². The second-order valence-corrected chi connectivity index (χ2v) is 5.30. The first-order valence-electron chi connectivity index (χ1n) is 5.15. The summed E-state index contributed by atoms with van der Waals surface area (Å²) in [6.07, 6.45) is -1.47. The van der Waals surface area contributed by atoms with Gasteiger partial charge in [0.1, 0.15) is 0 Å². The normalized spacial score (nSPS) is 11.9. The molecule has 2 amide bonds. The lowest BCUT2D eigenvalue weighted by Gasteiger charge is -2.08. The van der Waals surface area contributed by atoms with Crippen molar-refractivity contribution >= 4 is 39.3 Å². The second kappa shape index (κ2) is 7.34. The third-order valence-corrected chi connectivity index (χ3v) is 4.02. The van der Waals surface area contributed by atoms with E-state index in [0.717, 1.165) is 9.35 Å². The van der Waals surface area contributed by atoms with Crippen LogP contribution in [-0.2, 0) is 11.3 Å². The average Bonchev–Trinajstić information content (AvgIpc) is 2.72. The van der Waals surface area contributed by atoms with Crippen LogP contribution < -0.4 is 10.6 Å². The topological polar surface area (TPSA) is 98.7 Å². The molecule has 0 saturated carbocycles. The van der Waals surface area contributed by atoms with Crippen molar-refractivity contribution in [3.63, 3.8) is 0 Å². The molecule has 6 nitrogen and oxygen atoms in total. The molecule has 0 radical (unpaired) electrons. The number of amides is 2. The highest BCUT2D eigenvalue weighted by molar-refractivity contribution is 9.10. The standard InChI is InChI=1S/C10H13BrN2O4S/c11-6-2-4-18-8(6)5-13-10(17)12-3-1-7(14)9(15)16/h2,4,7,14H,1,3,5H2,(H,15,16)(H2,12,13,17). The molecule has 0 saturated heterocycles. The average molecular weight is 337 g/mol. The molecule has 1 heterocycles. The maximum atomic E-state index is 11.3. The lowest BCUT2D eigenvalue weighted by atomic mass is 10.2. The number of rotatable bonds is 6. The molecule has 1 rings (SSSR count). The predicted molar refractivity (Wildman–Crippen MR) is 70.5 cm³/mol. The van der Waals surface area contributed by atoms with Crippen LogP contribution in [0.15, 0.2) is 15.9 Å². The summed E-state index contributed by atoms with van der Waals surface area (Å²) in [5.74, 6) is -1.29. The summed E-state index contributed by atoms with van der Waals surface area (Å²) in [4.78, 5) is 22.6. The van der Waals surface area contributed by atoms with Gasteiger partial charge >= 0.3 is 12.0 Å². The number of halogens is 1. The van der Waals surface area contributed by atoms with Crippen LogP contribution in [0, 0.1) is 0 Å². The van der Waals surface area contributed by atoms with Gasteiger partial charge in [0, 0.05) is 22.3 Å². The highest BCUT2D eigenvalue weighted by Gasteiger charge is 2.12. The number of carboxylic acids is 1. The lowest BCUT2D eigenvalue weighted by molar-refractivity contribution is -0.146. The zero-order valence-electron chi connectivity index (χ0n) is 9.35. The Kier molecular flexibility index (Phi) is 6.10. The number of carbonyl (C=O) groups excluding carboxylic acids is 1. The minimum atomic E-state index is -1.45. The van der Waals surface area contributed by atoms with Crippen molar-refractivity contribution in [2.24, 2.45) is 0 Å². The van der Waals surface area contributed by atoms with Crippen LogP contribution in [0.5, 0.6) is 0 Å². The van der Waals surface area contributed by atoms with Gasteiger partial charge in [0.25, 0.3) is 0 Å². The first-order valence-corrected chi connectivity index (χ1v) is 6.82. The van der Waals surface area contributed by atoms with E-state index >= 15 is 0 Å². The van der Waals surface area contributed by atoms with Gasteiger partial charge in [0.15, 0.2) is 6.10 Å². The number of nitrogens with one attached hydrogen (secondary N) is 2. The molecular weight excluding hydrogens is 324 g/mol. The van der Waals surface area contributed by atoms with E-state index in [9.17, 15) is 9.59 Å². The lowest BCUT2D eigenvalue weighted by Crippen LogP contribution is -2.37. The van der Waals surface area contributed by atoms with Crippen molar-refractivity contribution in [2.45, 2.75) is 19.1 Å². The van der Waals surface area contributed by atoms with Gasteiger partial charge < -0.3 is 20.8 Å². The number of carboxylic acid groups (broad SMARTS) is 1. The molecule has 0 aromatic carbocycles. The zero-order valence-corrected chi connectivity index (χ0v) is 11.8. The molecule has 8 heteroatoms. The Morgan fingerprint density at radius 2 is 2.17 bits per heavy atom. The molecule has 0 bridgehead atoms. The molecule has 1 aromatic rings. The monoisotopic (exact) mass is 336 g/mol. The van der Waals surface area contributed by atoms with Gasteiger partial charge in [-0.15, -0.1) is 11.3 Å². The van der Waals surface area contributed by atoms with E-state index in [4.69, 9.17) is 10.2 Å². The highest BCUT2D eigenvalue weighted by Crippen LogP contribution is 2.21. The summed E-state index contributed by atoms with van der Waals surface area (Å²) in [7, 11) is 0. The fourth-order valence-electron chi connectivity index (χ4n) is 1.12. The van der Waals surface area contributed by atoms with Gasteiger partial charge in [0.2, 0.25) is 0 Å². The largest absolute Gasteiger partial charge is 0.479 e. The fourth-order valence-corrected chi connectivity index (χ4v) is 2.55. The van der Waals surface area contributed by atoms with Gasteiger partial charge in [-0.3, -0.25) is 0 Å². The molecule has 0 fully saturated rings. The van der Waals surface area contributed by atoms with Crippen molar-refractivity contribution in [3.8, 4) is 0 Å². The van der Waals surface area contributed by atoms with Crippen LogP contribution in [0.2, 0.25) is 0 Å². The Morgan fingerprint density at radius 1 is 1.44 bits per heavy atom. The Hall–Kier alpha value is -1.12. The minimum absolute atomic E-state index is 0.0224. The van der Waals surface area contributed by atoms with Crippen LogP contribution in [0.1, 0.15) is 11.3 Å². The van der Waals surface area contributed by atoms with Crippen molar-refractivity contribution in [2.75, 3.05) is 6.54 Å². The molecule has 4 N–H and O–H groups in total. The summed E-state index contributed by atoms with van der Waals surface area (Å²) in [5.41, 5.74) is 0. The van der Waals surface area contributed by atoms with Crippen LogP contribution in [0.3, 0.4) is 0 Å². The molecule has 0 aliphatic heterocycles. The van der Waals surface area contributed by atoms with E-state index in [1.165, 1.54) is 11.3 Å². The maximum absolute atomic E-state index is 11.3. The zero-order chi connectivity index (χ0) is 13.5. The molecule has 0 aliphatic carbocycles. The van der Waals surface area contributed by atoms with E-state index in [0.29, 0.717) is 6.54 Å². The third kappa shape index (κ3) is 5.03. The first kappa shape index (κ1) is 14.9. The second-order valence-electron chi connectivity index (χ2n) is 3.44. The van der Waals surface area contributed by atoms with E-state index < -0.39 is 18.1 Å². The van der Waals surface area contributed by atoms with Crippen LogP contribution >= 0.6 is 27.3 Å². The summed E-state index contributed by atoms with van der Waals surface area (Å²) < 4.78 is 0.939. The third-order valence-electron chi connectivity index (χ3n) is 2.09. The fraction of sp³-hybridized carbons (Fsp3) is 0.400. The quantitative estimate of drug-likeness (QED) is 0.626. The smallest absolute Gasteiger partial charge is 0.332 e. The number of aliphatic hydroxyl groups is 1. The minimum Gasteiger partial charge on any atom is -0.479 e. The number of thiophene rings is 1. The van der Waals surface area contributed by atoms with E-state index in [2.05, 4.69) is 26.6 Å². The van der Waals surface area contributed by atoms with Crippen LogP contribution in [0.4, 0.5) is 4.79 Å². The number of aliphatic carboxylic acids is 1. The predicted octanol–water partition coefficient (Wildman–Crippen LogP) is 1.15. The number of carbonyl (C=O) groups is 2. The maximum Gasteiger partial charge on any atom is 0.332 e. The molecule has 0 aliphatic rings. The first-order chi connectivity index (χ1) is 8.50. The number of urea groups is 1. The van der Waals surface area contributed by atoms with Crippen molar-refractivity contribution in [1.29, 1.82) is 0 Å². The summed E-state index contributed by atoms with van der Waals surface area (Å²) in [5, 5.41) is 24.4. The molecule has 18 heavy (non-hydrogen) atoms. The highest BCUT2D eigenvalue weighted by atomic mass is 79.9. The molecule has 1 unspecified atom stereocenters. The van der Waals surface area contributed by atoms with Gasteiger partial charge in [-0.2, -0.15) is 0 Å². The molecule has 1 aromatic heterocycles. The number of hydrogen-bond acceptors (Lipinski definition) is 4. The Balaban J connectivity index is 2.19. The number of hydrogen-bond donors (Lipinski definition) is 4. The van der Waals surface area contributed by atoms with E-state index in [-0.39, 0.29) is 13.0 Å². The molecular formula is C10H13BrN2O4S. The van der Waals surface area contributed by atoms with Crippen LogP contribution in [-0.4, -0.2) is 34.9 Å². The molecule has 100 valence electrons. The van der Waals surface area contributed by atoms with Crippen molar-refractivity contribution < 1.29 is 19.8 Å². The number of aliphatic hydroxyl groups excluding tert-OH is 1. The van der Waals surface area contributed by atoms with Crippen molar-refractivity contribution in [3.05, 3.63) is 20.8 Å². The SMILES string of the molecule is O=C(NCCC(O)C(=O)O)NCc1sccc1Br. The summed E-state index contributed by atoms with van der Waals surface area (Å²) in [6, 6.07) is 1.50. The van der Waals surface area contributed by atoms with Crippen LogP contribution in [0.25, 0.3) is 0 Å². The molecule has 1 atom stereocenters.